The summed E-state index contributed by atoms with van der Waals surface area (Å²) in [5.74, 6) is -1.32. The molecule has 0 spiro atoms. The minimum absolute atomic E-state index is 0.0619. The van der Waals surface area contributed by atoms with Gasteiger partial charge in [0.25, 0.3) is 5.91 Å². The smallest absolute Gasteiger partial charge is 0.354 e. The van der Waals surface area contributed by atoms with Gasteiger partial charge in [-0.1, -0.05) is 42.1 Å². The van der Waals surface area contributed by atoms with E-state index < -0.39 is 12.0 Å². The van der Waals surface area contributed by atoms with E-state index in [0.717, 1.165) is 10.6 Å². The highest BCUT2D eigenvalue weighted by molar-refractivity contribution is 8.14. The first-order valence-corrected chi connectivity index (χ1v) is 9.81. The normalized spacial score (nSPS) is 25.5. The van der Waals surface area contributed by atoms with Gasteiger partial charge in [-0.15, -0.1) is 0 Å². The molecular formula is C19H21N3O4S. The maximum atomic E-state index is 12.6. The second-order valence-electron chi connectivity index (χ2n) is 6.69. The van der Waals surface area contributed by atoms with E-state index in [1.54, 1.807) is 6.92 Å². The summed E-state index contributed by atoms with van der Waals surface area (Å²) < 4.78 is 5.34. The third kappa shape index (κ3) is 3.35. The van der Waals surface area contributed by atoms with E-state index in [0.29, 0.717) is 38.4 Å². The number of carbonyl (C=O) groups is 2. The monoisotopic (exact) mass is 387 g/mol. The van der Waals surface area contributed by atoms with Crippen LogP contribution in [0.25, 0.3) is 0 Å². The Morgan fingerprint density at radius 3 is 2.67 bits per heavy atom. The van der Waals surface area contributed by atoms with Gasteiger partial charge in [0.1, 0.15) is 11.1 Å². The zero-order chi connectivity index (χ0) is 19.0. The Bertz CT molecular complexity index is 818. The van der Waals surface area contributed by atoms with E-state index in [1.165, 1.54) is 16.7 Å². The second kappa shape index (κ2) is 7.36. The molecule has 27 heavy (non-hydrogen) atoms. The fourth-order valence-corrected chi connectivity index (χ4v) is 4.91. The lowest BCUT2D eigenvalue weighted by Crippen LogP contribution is -2.61. The number of carbonyl (C=O) groups excluding carboxylic acids is 1. The lowest BCUT2D eigenvalue weighted by Gasteiger charge is -2.43. The number of morpholine rings is 1. The molecule has 0 saturated carbocycles. The van der Waals surface area contributed by atoms with Gasteiger partial charge >= 0.3 is 5.97 Å². The summed E-state index contributed by atoms with van der Waals surface area (Å²) in [6.07, 6.45) is 0.661. The number of benzene rings is 1. The second-order valence-corrected chi connectivity index (χ2v) is 7.88. The molecule has 2 saturated heterocycles. The topological polar surface area (TPSA) is 82.4 Å². The number of hydrogen-bond donors (Lipinski definition) is 1. The number of fused-ring (bicyclic) bond motifs is 1. The van der Waals surface area contributed by atoms with Gasteiger partial charge in [-0.3, -0.25) is 14.7 Å². The Labute approximate surface area is 161 Å². The maximum Gasteiger partial charge on any atom is 0.354 e. The van der Waals surface area contributed by atoms with Crippen LogP contribution in [0.15, 0.2) is 46.7 Å². The van der Waals surface area contributed by atoms with E-state index in [4.69, 9.17) is 4.74 Å². The largest absolute Gasteiger partial charge is 0.477 e. The number of nitrogens with zero attached hydrogens (tertiary/aromatic N) is 3. The van der Waals surface area contributed by atoms with Crippen molar-refractivity contribution in [1.82, 2.24) is 9.80 Å². The lowest BCUT2D eigenvalue weighted by molar-refractivity contribution is -0.147. The maximum absolute atomic E-state index is 12.6. The van der Waals surface area contributed by atoms with Gasteiger partial charge in [0.2, 0.25) is 0 Å². The van der Waals surface area contributed by atoms with Crippen molar-refractivity contribution in [3.8, 4) is 0 Å². The summed E-state index contributed by atoms with van der Waals surface area (Å²) in [6, 6.07) is 9.47. The molecule has 1 N–H and O–H groups in total. The molecule has 3 heterocycles. The molecular weight excluding hydrogens is 366 g/mol. The molecule has 0 aliphatic carbocycles. The summed E-state index contributed by atoms with van der Waals surface area (Å²) in [7, 11) is 0. The van der Waals surface area contributed by atoms with E-state index in [1.807, 2.05) is 35.2 Å². The number of rotatable bonds is 5. The first-order chi connectivity index (χ1) is 13.1. The number of thioether (sulfide) groups is 1. The van der Waals surface area contributed by atoms with Crippen LogP contribution in [0, 0.1) is 0 Å². The average Bonchev–Trinajstić information content (AvgIpc) is 3.05. The van der Waals surface area contributed by atoms with Gasteiger partial charge in [-0.05, 0) is 12.5 Å². The molecule has 2 unspecified atom stereocenters. The Morgan fingerprint density at radius 2 is 2.00 bits per heavy atom. The number of β-lactam (4-membered cyclic amide) rings is 1. The number of likely N-dealkylation sites (tertiary alicyclic amines) is 1. The highest BCUT2D eigenvalue weighted by Gasteiger charge is 2.55. The van der Waals surface area contributed by atoms with Gasteiger partial charge < -0.3 is 14.7 Å². The van der Waals surface area contributed by atoms with Crippen LogP contribution in [0.1, 0.15) is 12.5 Å². The van der Waals surface area contributed by atoms with Crippen molar-refractivity contribution >= 4 is 28.7 Å². The molecule has 2 atom stereocenters. The van der Waals surface area contributed by atoms with Gasteiger partial charge in [0, 0.05) is 25.2 Å². The fourth-order valence-electron chi connectivity index (χ4n) is 3.59. The van der Waals surface area contributed by atoms with E-state index >= 15 is 0 Å². The number of carboxylic acids is 1. The predicted molar refractivity (Wildman–Crippen MR) is 102 cm³/mol. The molecule has 4 rings (SSSR count). The molecule has 8 heteroatoms. The number of allylic oxidation sites excluding steroid dienone is 1. The average molecular weight is 387 g/mol. The molecule has 3 aliphatic heterocycles. The van der Waals surface area contributed by atoms with Crippen LogP contribution >= 0.6 is 11.8 Å². The quantitative estimate of drug-likeness (QED) is 0.610. The van der Waals surface area contributed by atoms with Gasteiger partial charge in [-0.2, -0.15) is 0 Å². The highest BCUT2D eigenvalue weighted by atomic mass is 32.2. The molecule has 0 radical (unpaired) electrons. The van der Waals surface area contributed by atoms with Crippen LogP contribution in [0.5, 0.6) is 0 Å². The SMILES string of the molecule is CC(=C(C(=O)O)N1C(=O)C2N=C(Cc3ccccc3)SC21)N1CCOCC1. The van der Waals surface area contributed by atoms with Crippen molar-refractivity contribution in [2.75, 3.05) is 26.3 Å². The summed E-state index contributed by atoms with van der Waals surface area (Å²) >= 11 is 1.49. The molecule has 7 nitrogen and oxygen atoms in total. The first-order valence-electron chi connectivity index (χ1n) is 8.93. The minimum Gasteiger partial charge on any atom is -0.477 e. The molecule has 3 aliphatic rings. The summed E-state index contributed by atoms with van der Waals surface area (Å²) in [4.78, 5) is 32.5. The number of aliphatic imine (C=N–C) groups is 1. The van der Waals surface area contributed by atoms with Crippen LogP contribution in [0.4, 0.5) is 0 Å². The number of aliphatic carboxylic acids is 1. The van der Waals surface area contributed by atoms with Crippen LogP contribution in [-0.2, 0) is 20.7 Å². The molecule has 1 aromatic rings. The Hall–Kier alpha value is -2.32. The Kier molecular flexibility index (Phi) is 4.92. The minimum atomic E-state index is -1.08. The molecule has 2 fully saturated rings. The van der Waals surface area contributed by atoms with E-state index in [2.05, 4.69) is 4.99 Å². The number of ether oxygens (including phenoxy) is 1. The Balaban J connectivity index is 1.53. The molecule has 142 valence electrons. The zero-order valence-corrected chi connectivity index (χ0v) is 15.8. The first kappa shape index (κ1) is 18.1. The van der Waals surface area contributed by atoms with Crippen molar-refractivity contribution in [3.63, 3.8) is 0 Å². The van der Waals surface area contributed by atoms with Crippen LogP contribution < -0.4 is 0 Å². The predicted octanol–water partition coefficient (Wildman–Crippen LogP) is 1.56. The van der Waals surface area contributed by atoms with Crippen LogP contribution in [0.3, 0.4) is 0 Å². The third-order valence-electron chi connectivity index (χ3n) is 5.02. The van der Waals surface area contributed by atoms with Crippen molar-refractivity contribution in [2.24, 2.45) is 4.99 Å². The summed E-state index contributed by atoms with van der Waals surface area (Å²) in [5.41, 5.74) is 1.80. The third-order valence-corrected chi connectivity index (χ3v) is 6.26. The van der Waals surface area contributed by atoms with Crippen molar-refractivity contribution in [3.05, 3.63) is 47.3 Å². The van der Waals surface area contributed by atoms with E-state index in [9.17, 15) is 14.7 Å². The summed E-state index contributed by atoms with van der Waals surface area (Å²) in [5, 5.41) is 10.4. The number of carboxylic acid groups (broad SMARTS) is 1. The van der Waals surface area contributed by atoms with Crippen molar-refractivity contribution < 1.29 is 19.4 Å². The van der Waals surface area contributed by atoms with Crippen LogP contribution in [-0.4, -0.2) is 69.5 Å². The highest BCUT2D eigenvalue weighted by Crippen LogP contribution is 2.42. The lowest BCUT2D eigenvalue weighted by atomic mass is 10.1. The molecule has 0 bridgehead atoms. The van der Waals surface area contributed by atoms with Gasteiger partial charge in [-0.25, -0.2) is 4.79 Å². The van der Waals surface area contributed by atoms with Gasteiger partial charge in [0.15, 0.2) is 6.04 Å². The summed E-state index contributed by atoms with van der Waals surface area (Å²) in [6.45, 7) is 4.14. The van der Waals surface area contributed by atoms with Crippen LogP contribution in [0.2, 0.25) is 0 Å². The van der Waals surface area contributed by atoms with Crippen molar-refractivity contribution in [2.45, 2.75) is 24.8 Å². The van der Waals surface area contributed by atoms with Gasteiger partial charge in [0.05, 0.1) is 18.3 Å². The number of amides is 1. The van der Waals surface area contributed by atoms with E-state index in [-0.39, 0.29) is 17.0 Å². The molecule has 1 amide bonds. The standard InChI is InChI=1S/C19H21N3O4S/c1-12(21-7-9-26-10-8-21)16(19(24)25)22-17(23)15-18(22)27-14(20-15)11-13-5-3-2-4-6-13/h2-6,15,18H,7-11H2,1H3,(H,24,25). The molecule has 0 aromatic heterocycles. The zero-order valence-electron chi connectivity index (χ0n) is 15.0. The number of hydrogen-bond acceptors (Lipinski definition) is 6. The Morgan fingerprint density at radius 1 is 1.30 bits per heavy atom. The fraction of sp³-hybridized carbons (Fsp3) is 0.421. The molecule has 1 aromatic carbocycles. The van der Waals surface area contributed by atoms with Crippen molar-refractivity contribution in [1.29, 1.82) is 0 Å².